The largest absolute Gasteiger partial charge is 0.481 e. The number of urea groups is 1. The maximum absolute atomic E-state index is 11.6. The molecule has 1 aliphatic rings. The molecule has 0 saturated carbocycles. The molecule has 6 nitrogen and oxygen atoms in total. The number of carboxylic acid groups (broad SMARTS) is 1. The minimum Gasteiger partial charge on any atom is -0.481 e. The lowest BCUT2D eigenvalue weighted by Gasteiger charge is -2.16. The van der Waals surface area contributed by atoms with Gasteiger partial charge in [0.05, 0.1) is 0 Å². The molecule has 1 saturated heterocycles. The summed E-state index contributed by atoms with van der Waals surface area (Å²) in [5, 5.41) is 14.1. The van der Waals surface area contributed by atoms with Crippen molar-refractivity contribution < 1.29 is 14.7 Å². The lowest BCUT2D eigenvalue weighted by atomic mass is 10.1. The standard InChI is InChI=1S/C12H23N3O3/c1-9(3-4-11(16)17)14-12(18)13-7-10-5-6-15(2)8-10/h9-10H,3-8H2,1-2H3,(H,16,17)(H2,13,14,18). The average Bonchev–Trinajstić information content (AvgIpc) is 2.70. The Morgan fingerprint density at radius 1 is 1.50 bits per heavy atom. The molecule has 2 atom stereocenters. The van der Waals surface area contributed by atoms with Crippen LogP contribution in [0.15, 0.2) is 0 Å². The van der Waals surface area contributed by atoms with E-state index < -0.39 is 5.97 Å². The van der Waals surface area contributed by atoms with Crippen molar-refractivity contribution in [3.63, 3.8) is 0 Å². The number of likely N-dealkylation sites (tertiary alicyclic amines) is 1. The first-order chi connectivity index (χ1) is 8.47. The Bertz CT molecular complexity index is 296. The maximum Gasteiger partial charge on any atom is 0.315 e. The maximum atomic E-state index is 11.6. The van der Waals surface area contributed by atoms with Crippen molar-refractivity contribution >= 4 is 12.0 Å². The van der Waals surface area contributed by atoms with Crippen molar-refractivity contribution in [3.05, 3.63) is 0 Å². The molecule has 18 heavy (non-hydrogen) atoms. The van der Waals surface area contributed by atoms with E-state index in [-0.39, 0.29) is 18.5 Å². The van der Waals surface area contributed by atoms with Gasteiger partial charge in [-0.25, -0.2) is 4.79 Å². The zero-order valence-electron chi connectivity index (χ0n) is 11.1. The molecular formula is C12H23N3O3. The molecule has 0 spiro atoms. The van der Waals surface area contributed by atoms with E-state index in [1.54, 1.807) is 0 Å². The highest BCUT2D eigenvalue weighted by molar-refractivity contribution is 5.74. The quantitative estimate of drug-likeness (QED) is 0.647. The van der Waals surface area contributed by atoms with Crippen LogP contribution in [0.1, 0.15) is 26.2 Å². The van der Waals surface area contributed by atoms with Crippen LogP contribution in [0.4, 0.5) is 4.79 Å². The van der Waals surface area contributed by atoms with Crippen LogP contribution < -0.4 is 10.6 Å². The van der Waals surface area contributed by atoms with E-state index >= 15 is 0 Å². The summed E-state index contributed by atoms with van der Waals surface area (Å²) >= 11 is 0. The van der Waals surface area contributed by atoms with Crippen LogP contribution in [-0.4, -0.2) is 54.7 Å². The Morgan fingerprint density at radius 2 is 2.22 bits per heavy atom. The van der Waals surface area contributed by atoms with Gasteiger partial charge in [-0.15, -0.1) is 0 Å². The van der Waals surface area contributed by atoms with E-state index in [1.807, 2.05) is 6.92 Å². The topological polar surface area (TPSA) is 81.7 Å². The monoisotopic (exact) mass is 257 g/mol. The molecule has 0 bridgehead atoms. The van der Waals surface area contributed by atoms with E-state index in [4.69, 9.17) is 5.11 Å². The first-order valence-electron chi connectivity index (χ1n) is 6.42. The summed E-state index contributed by atoms with van der Waals surface area (Å²) in [4.78, 5) is 24.2. The predicted octanol–water partition coefficient (Wildman–Crippen LogP) is 0.491. The Labute approximate surface area is 108 Å². The summed E-state index contributed by atoms with van der Waals surface area (Å²) in [5.74, 6) is -0.312. The molecule has 0 aliphatic carbocycles. The van der Waals surface area contributed by atoms with Gasteiger partial charge >= 0.3 is 12.0 Å². The molecule has 3 N–H and O–H groups in total. The second-order valence-electron chi connectivity index (χ2n) is 5.10. The Morgan fingerprint density at radius 3 is 2.78 bits per heavy atom. The lowest BCUT2D eigenvalue weighted by molar-refractivity contribution is -0.137. The van der Waals surface area contributed by atoms with Gasteiger partial charge in [0.1, 0.15) is 0 Å². The van der Waals surface area contributed by atoms with Gasteiger partial charge in [-0.3, -0.25) is 4.79 Å². The second-order valence-corrected chi connectivity index (χ2v) is 5.10. The van der Waals surface area contributed by atoms with Crippen LogP contribution in [0.3, 0.4) is 0 Å². The Hall–Kier alpha value is -1.30. The number of amides is 2. The van der Waals surface area contributed by atoms with E-state index in [0.29, 0.717) is 18.9 Å². The molecule has 2 unspecified atom stereocenters. The van der Waals surface area contributed by atoms with Gasteiger partial charge in [-0.1, -0.05) is 0 Å². The van der Waals surface area contributed by atoms with Crippen molar-refractivity contribution in [1.29, 1.82) is 0 Å². The molecule has 1 aliphatic heterocycles. The molecule has 1 rings (SSSR count). The van der Waals surface area contributed by atoms with Crippen LogP contribution in [0, 0.1) is 5.92 Å². The summed E-state index contributed by atoms with van der Waals surface area (Å²) in [6.07, 6.45) is 1.65. The molecule has 0 radical (unpaired) electrons. The van der Waals surface area contributed by atoms with Crippen LogP contribution in [0.2, 0.25) is 0 Å². The number of nitrogens with zero attached hydrogens (tertiary/aromatic N) is 1. The highest BCUT2D eigenvalue weighted by atomic mass is 16.4. The fraction of sp³-hybridized carbons (Fsp3) is 0.833. The number of aliphatic carboxylic acids is 1. The van der Waals surface area contributed by atoms with E-state index in [0.717, 1.165) is 19.5 Å². The number of rotatable bonds is 6. The van der Waals surface area contributed by atoms with Crippen molar-refractivity contribution in [3.8, 4) is 0 Å². The van der Waals surface area contributed by atoms with E-state index in [2.05, 4.69) is 22.6 Å². The minimum atomic E-state index is -0.835. The molecule has 0 aromatic rings. The molecule has 1 fully saturated rings. The number of hydrogen-bond donors (Lipinski definition) is 3. The Kier molecular flexibility index (Phi) is 5.91. The summed E-state index contributed by atoms with van der Waals surface area (Å²) in [6.45, 7) is 4.60. The third kappa shape index (κ3) is 5.86. The molecule has 0 aromatic carbocycles. The minimum absolute atomic E-state index is 0.0782. The third-order valence-electron chi connectivity index (χ3n) is 3.21. The normalized spacial score (nSPS) is 21.6. The van der Waals surface area contributed by atoms with Gasteiger partial charge in [0.25, 0.3) is 0 Å². The van der Waals surface area contributed by atoms with Gasteiger partial charge in [0.15, 0.2) is 0 Å². The van der Waals surface area contributed by atoms with Crippen LogP contribution >= 0.6 is 0 Å². The smallest absolute Gasteiger partial charge is 0.315 e. The van der Waals surface area contributed by atoms with Crippen LogP contribution in [0.5, 0.6) is 0 Å². The highest BCUT2D eigenvalue weighted by Gasteiger charge is 2.19. The van der Waals surface area contributed by atoms with Crippen molar-refractivity contribution in [2.45, 2.75) is 32.2 Å². The fourth-order valence-corrected chi connectivity index (χ4v) is 2.12. The fourth-order valence-electron chi connectivity index (χ4n) is 2.12. The summed E-state index contributed by atoms with van der Waals surface area (Å²) < 4.78 is 0. The lowest BCUT2D eigenvalue weighted by Crippen LogP contribution is -2.42. The Balaban J connectivity index is 2.11. The number of nitrogens with one attached hydrogen (secondary N) is 2. The van der Waals surface area contributed by atoms with E-state index in [1.165, 1.54) is 0 Å². The molecule has 2 amide bonds. The average molecular weight is 257 g/mol. The zero-order chi connectivity index (χ0) is 13.5. The number of carbonyl (C=O) groups excluding carboxylic acids is 1. The predicted molar refractivity (Wildman–Crippen MR) is 68.5 cm³/mol. The van der Waals surface area contributed by atoms with Crippen LogP contribution in [0.25, 0.3) is 0 Å². The molecule has 6 heteroatoms. The van der Waals surface area contributed by atoms with Gasteiger partial charge in [-0.05, 0) is 39.3 Å². The summed E-state index contributed by atoms with van der Waals surface area (Å²) in [7, 11) is 2.08. The van der Waals surface area contributed by atoms with Gasteiger partial charge in [0.2, 0.25) is 0 Å². The van der Waals surface area contributed by atoms with E-state index in [9.17, 15) is 9.59 Å². The van der Waals surface area contributed by atoms with Crippen molar-refractivity contribution in [2.24, 2.45) is 5.92 Å². The zero-order valence-corrected chi connectivity index (χ0v) is 11.1. The molecule has 1 heterocycles. The molecule has 0 aromatic heterocycles. The highest BCUT2D eigenvalue weighted by Crippen LogP contribution is 2.12. The second kappa shape index (κ2) is 7.20. The summed E-state index contributed by atoms with van der Waals surface area (Å²) in [5.41, 5.74) is 0. The van der Waals surface area contributed by atoms with Gasteiger partial charge in [0, 0.05) is 25.6 Å². The van der Waals surface area contributed by atoms with Gasteiger partial charge < -0.3 is 20.6 Å². The SMILES string of the molecule is CC(CCC(=O)O)NC(=O)NCC1CCN(C)C1. The first kappa shape index (κ1) is 14.8. The third-order valence-corrected chi connectivity index (χ3v) is 3.21. The number of carbonyl (C=O) groups is 2. The first-order valence-corrected chi connectivity index (χ1v) is 6.42. The van der Waals surface area contributed by atoms with Crippen molar-refractivity contribution in [1.82, 2.24) is 15.5 Å². The molecular weight excluding hydrogens is 234 g/mol. The number of carboxylic acids is 1. The number of hydrogen-bond acceptors (Lipinski definition) is 3. The van der Waals surface area contributed by atoms with Crippen LogP contribution in [-0.2, 0) is 4.79 Å². The molecule has 104 valence electrons. The summed E-state index contributed by atoms with van der Waals surface area (Å²) in [6, 6.07) is -0.324. The van der Waals surface area contributed by atoms with Gasteiger partial charge in [-0.2, -0.15) is 0 Å². The van der Waals surface area contributed by atoms with Crippen molar-refractivity contribution in [2.75, 3.05) is 26.7 Å².